The molecule has 1 amide bonds. The highest BCUT2D eigenvalue weighted by molar-refractivity contribution is 5.92. The monoisotopic (exact) mass is 321 g/mol. The maximum atomic E-state index is 12.2. The number of hydrogen-bond acceptors (Lipinski definition) is 5. The molecule has 1 saturated heterocycles. The number of benzene rings is 1. The molecule has 1 fully saturated rings. The van der Waals surface area contributed by atoms with Gasteiger partial charge in [0, 0.05) is 31.9 Å². The lowest BCUT2D eigenvalue weighted by Crippen LogP contribution is -2.50. The van der Waals surface area contributed by atoms with E-state index in [1.807, 2.05) is 31.2 Å². The number of rotatable bonds is 7. The number of nitrogens with two attached hydrogens (primary N) is 1. The lowest BCUT2D eigenvalue weighted by Gasteiger charge is -2.37. The first-order chi connectivity index (χ1) is 11.2. The molecule has 6 nitrogen and oxygen atoms in total. The summed E-state index contributed by atoms with van der Waals surface area (Å²) < 4.78 is 10.8. The SMILES string of the molecule is CCOc1ccc(NC(=O)CN2CCC(OC)CC2CN)cc1. The van der Waals surface area contributed by atoms with Crippen LogP contribution in [0.4, 0.5) is 5.69 Å². The molecule has 0 spiro atoms. The molecule has 128 valence electrons. The molecule has 1 heterocycles. The van der Waals surface area contributed by atoms with Crippen LogP contribution in [0.5, 0.6) is 5.75 Å². The van der Waals surface area contributed by atoms with Crippen molar-refractivity contribution in [1.29, 1.82) is 0 Å². The standard InChI is InChI=1S/C17H27N3O3/c1-3-23-15-6-4-13(5-7-15)19-17(21)12-20-9-8-16(22-2)10-14(20)11-18/h4-7,14,16H,3,8-12,18H2,1-2H3,(H,19,21). The number of nitrogens with zero attached hydrogens (tertiary/aromatic N) is 1. The average Bonchev–Trinajstić information content (AvgIpc) is 2.57. The van der Waals surface area contributed by atoms with Crippen LogP contribution in [0.3, 0.4) is 0 Å². The number of nitrogens with one attached hydrogen (secondary N) is 1. The van der Waals surface area contributed by atoms with Gasteiger partial charge in [0.05, 0.1) is 19.3 Å². The topological polar surface area (TPSA) is 76.8 Å². The largest absolute Gasteiger partial charge is 0.494 e. The number of methoxy groups -OCH3 is 1. The summed E-state index contributed by atoms with van der Waals surface area (Å²) in [4.78, 5) is 14.4. The molecular weight excluding hydrogens is 294 g/mol. The highest BCUT2D eigenvalue weighted by atomic mass is 16.5. The van der Waals surface area contributed by atoms with E-state index in [0.717, 1.165) is 30.8 Å². The van der Waals surface area contributed by atoms with Gasteiger partial charge in [-0.05, 0) is 44.0 Å². The fraction of sp³-hybridized carbons (Fsp3) is 0.588. The first-order valence-electron chi connectivity index (χ1n) is 8.15. The summed E-state index contributed by atoms with van der Waals surface area (Å²) in [7, 11) is 1.73. The summed E-state index contributed by atoms with van der Waals surface area (Å²) in [5.74, 6) is 0.777. The molecule has 0 radical (unpaired) electrons. The van der Waals surface area contributed by atoms with Crippen molar-refractivity contribution in [3.8, 4) is 5.75 Å². The van der Waals surface area contributed by atoms with Gasteiger partial charge in [0.1, 0.15) is 5.75 Å². The number of amides is 1. The van der Waals surface area contributed by atoms with Crippen molar-refractivity contribution < 1.29 is 14.3 Å². The zero-order chi connectivity index (χ0) is 16.7. The van der Waals surface area contributed by atoms with Crippen LogP contribution in [0, 0.1) is 0 Å². The predicted octanol–water partition coefficient (Wildman–Crippen LogP) is 1.46. The van der Waals surface area contributed by atoms with Crippen LogP contribution >= 0.6 is 0 Å². The molecule has 0 aliphatic carbocycles. The number of anilines is 1. The quantitative estimate of drug-likeness (QED) is 0.795. The Balaban J connectivity index is 1.86. The van der Waals surface area contributed by atoms with E-state index in [9.17, 15) is 4.79 Å². The van der Waals surface area contributed by atoms with E-state index >= 15 is 0 Å². The van der Waals surface area contributed by atoms with Crippen molar-refractivity contribution >= 4 is 11.6 Å². The van der Waals surface area contributed by atoms with Gasteiger partial charge in [-0.15, -0.1) is 0 Å². The third kappa shape index (κ3) is 5.20. The minimum Gasteiger partial charge on any atom is -0.494 e. The number of piperidine rings is 1. The summed E-state index contributed by atoms with van der Waals surface area (Å²) in [6, 6.07) is 7.60. The van der Waals surface area contributed by atoms with E-state index in [4.69, 9.17) is 15.2 Å². The van der Waals surface area contributed by atoms with E-state index in [0.29, 0.717) is 19.7 Å². The Kier molecular flexibility index (Phi) is 6.83. The molecule has 0 bridgehead atoms. The van der Waals surface area contributed by atoms with E-state index in [-0.39, 0.29) is 18.1 Å². The molecule has 0 aromatic heterocycles. The van der Waals surface area contributed by atoms with Crippen molar-refractivity contribution in [3.63, 3.8) is 0 Å². The van der Waals surface area contributed by atoms with Crippen molar-refractivity contribution in [1.82, 2.24) is 4.90 Å². The van der Waals surface area contributed by atoms with Gasteiger partial charge in [-0.2, -0.15) is 0 Å². The fourth-order valence-corrected chi connectivity index (χ4v) is 2.92. The zero-order valence-electron chi connectivity index (χ0n) is 14.0. The van der Waals surface area contributed by atoms with Crippen LogP contribution in [0.1, 0.15) is 19.8 Å². The molecule has 1 aliphatic heterocycles. The lowest BCUT2D eigenvalue weighted by atomic mass is 9.99. The van der Waals surface area contributed by atoms with Crippen LogP contribution in [-0.2, 0) is 9.53 Å². The van der Waals surface area contributed by atoms with Crippen LogP contribution in [0.25, 0.3) is 0 Å². The van der Waals surface area contributed by atoms with Gasteiger partial charge in [0.25, 0.3) is 0 Å². The highest BCUT2D eigenvalue weighted by Gasteiger charge is 2.28. The molecule has 6 heteroatoms. The van der Waals surface area contributed by atoms with Gasteiger partial charge >= 0.3 is 0 Å². The second kappa shape index (κ2) is 8.86. The minimum absolute atomic E-state index is 0.0246. The van der Waals surface area contributed by atoms with E-state index in [1.165, 1.54) is 0 Å². The predicted molar refractivity (Wildman–Crippen MR) is 90.7 cm³/mol. The van der Waals surface area contributed by atoms with E-state index in [1.54, 1.807) is 7.11 Å². The Morgan fingerprint density at radius 3 is 2.74 bits per heavy atom. The Morgan fingerprint density at radius 1 is 1.39 bits per heavy atom. The Bertz CT molecular complexity index is 492. The third-order valence-electron chi connectivity index (χ3n) is 4.19. The van der Waals surface area contributed by atoms with Gasteiger partial charge < -0.3 is 20.5 Å². The molecule has 3 N–H and O–H groups in total. The maximum absolute atomic E-state index is 12.2. The molecule has 1 aromatic carbocycles. The summed E-state index contributed by atoms with van der Waals surface area (Å²) in [6.45, 7) is 4.29. The fourth-order valence-electron chi connectivity index (χ4n) is 2.92. The molecule has 1 aliphatic rings. The van der Waals surface area contributed by atoms with Gasteiger partial charge in [0.2, 0.25) is 5.91 Å². The summed E-state index contributed by atoms with van der Waals surface area (Å²) in [6.07, 6.45) is 2.06. The third-order valence-corrected chi connectivity index (χ3v) is 4.19. The normalized spacial score (nSPS) is 21.9. The van der Waals surface area contributed by atoms with Crippen LogP contribution in [0.15, 0.2) is 24.3 Å². The molecule has 2 atom stereocenters. The molecule has 1 aromatic rings. The molecule has 2 rings (SSSR count). The number of hydrogen-bond donors (Lipinski definition) is 2. The highest BCUT2D eigenvalue weighted by Crippen LogP contribution is 2.19. The van der Waals surface area contributed by atoms with Crippen molar-refractivity contribution in [2.24, 2.45) is 5.73 Å². The lowest BCUT2D eigenvalue weighted by molar-refractivity contribution is -0.118. The summed E-state index contributed by atoms with van der Waals surface area (Å²) >= 11 is 0. The van der Waals surface area contributed by atoms with Crippen LogP contribution in [-0.4, -0.2) is 56.3 Å². The van der Waals surface area contributed by atoms with Crippen molar-refractivity contribution in [3.05, 3.63) is 24.3 Å². The average molecular weight is 321 g/mol. The second-order valence-corrected chi connectivity index (χ2v) is 5.75. The second-order valence-electron chi connectivity index (χ2n) is 5.75. The number of ether oxygens (including phenoxy) is 2. The Labute approximate surface area is 137 Å². The van der Waals surface area contributed by atoms with Crippen molar-refractivity contribution in [2.45, 2.75) is 31.9 Å². The van der Waals surface area contributed by atoms with E-state index < -0.39 is 0 Å². The van der Waals surface area contributed by atoms with Gasteiger partial charge in [-0.3, -0.25) is 9.69 Å². The number of likely N-dealkylation sites (tertiary alicyclic amines) is 1. The van der Waals surface area contributed by atoms with E-state index in [2.05, 4.69) is 10.2 Å². The number of carbonyl (C=O) groups is 1. The molecule has 0 saturated carbocycles. The summed E-state index contributed by atoms with van der Waals surface area (Å²) in [5, 5.41) is 2.92. The van der Waals surface area contributed by atoms with Crippen molar-refractivity contribution in [2.75, 3.05) is 38.7 Å². The molecule has 23 heavy (non-hydrogen) atoms. The maximum Gasteiger partial charge on any atom is 0.238 e. The smallest absolute Gasteiger partial charge is 0.238 e. The Hall–Kier alpha value is -1.63. The Morgan fingerprint density at radius 2 is 2.13 bits per heavy atom. The molecule has 2 unspecified atom stereocenters. The zero-order valence-corrected chi connectivity index (χ0v) is 14.0. The minimum atomic E-state index is -0.0246. The number of carbonyl (C=O) groups excluding carboxylic acids is 1. The van der Waals surface area contributed by atoms with Gasteiger partial charge in [-0.1, -0.05) is 0 Å². The first-order valence-corrected chi connectivity index (χ1v) is 8.15. The molecular formula is C17H27N3O3. The van der Waals surface area contributed by atoms with Crippen LogP contribution in [0.2, 0.25) is 0 Å². The van der Waals surface area contributed by atoms with Crippen LogP contribution < -0.4 is 15.8 Å². The first kappa shape index (κ1) is 17.7. The van der Waals surface area contributed by atoms with Gasteiger partial charge in [-0.25, -0.2) is 0 Å². The van der Waals surface area contributed by atoms with Gasteiger partial charge in [0.15, 0.2) is 0 Å². The summed E-state index contributed by atoms with van der Waals surface area (Å²) in [5.41, 5.74) is 6.61.